The maximum absolute atomic E-state index is 13.9. The average Bonchev–Trinajstić information content (AvgIpc) is 3.06. The first kappa shape index (κ1) is 16.2. The lowest BCUT2D eigenvalue weighted by atomic mass is 10.1. The van der Waals surface area contributed by atoms with Crippen LogP contribution in [0.2, 0.25) is 0 Å². The Hall–Kier alpha value is -1.17. The van der Waals surface area contributed by atoms with E-state index in [2.05, 4.69) is 5.32 Å². The first-order chi connectivity index (χ1) is 9.59. The highest BCUT2D eigenvalue weighted by Crippen LogP contribution is 2.33. The second-order valence-corrected chi connectivity index (χ2v) is 6.28. The number of thiophene rings is 1. The molecule has 0 radical (unpaired) electrons. The van der Waals surface area contributed by atoms with Gasteiger partial charge in [-0.3, -0.25) is 4.79 Å². The maximum atomic E-state index is 13.9. The van der Waals surface area contributed by atoms with Gasteiger partial charge in [-0.25, -0.2) is 4.39 Å². The Morgan fingerprint density at radius 2 is 2.24 bits per heavy atom. The van der Waals surface area contributed by atoms with Crippen molar-refractivity contribution in [1.29, 1.82) is 0 Å². The molecule has 6 heteroatoms. The lowest BCUT2D eigenvalue weighted by Gasteiger charge is -2.23. The SMILES string of the molecule is Cc1c(C(=O)N(C)C2CCNC2)sc2cccc(F)c12.Cl. The van der Waals surface area contributed by atoms with Gasteiger partial charge in [-0.05, 0) is 37.6 Å². The summed E-state index contributed by atoms with van der Waals surface area (Å²) in [5, 5.41) is 3.84. The van der Waals surface area contributed by atoms with Crippen LogP contribution < -0.4 is 5.32 Å². The zero-order valence-corrected chi connectivity index (χ0v) is 13.6. The summed E-state index contributed by atoms with van der Waals surface area (Å²) in [6.45, 7) is 3.61. The molecule has 2 aromatic rings. The van der Waals surface area contributed by atoms with Crippen LogP contribution in [0.25, 0.3) is 10.1 Å². The Labute approximate surface area is 133 Å². The van der Waals surface area contributed by atoms with Gasteiger partial charge in [-0.2, -0.15) is 0 Å². The number of fused-ring (bicyclic) bond motifs is 1. The second kappa shape index (κ2) is 6.30. The van der Waals surface area contributed by atoms with E-state index in [9.17, 15) is 9.18 Å². The van der Waals surface area contributed by atoms with Gasteiger partial charge in [0.1, 0.15) is 5.82 Å². The van der Waals surface area contributed by atoms with Crippen molar-refractivity contribution in [3.05, 3.63) is 34.5 Å². The van der Waals surface area contributed by atoms with E-state index in [4.69, 9.17) is 0 Å². The molecule has 1 N–H and O–H groups in total. The van der Waals surface area contributed by atoms with Gasteiger partial charge in [0.05, 0.1) is 4.88 Å². The molecule has 1 aliphatic rings. The molecule has 1 atom stereocenters. The minimum Gasteiger partial charge on any atom is -0.337 e. The first-order valence-corrected chi connectivity index (χ1v) is 7.56. The molecule has 0 aliphatic carbocycles. The molecule has 2 heterocycles. The quantitative estimate of drug-likeness (QED) is 0.918. The summed E-state index contributed by atoms with van der Waals surface area (Å²) < 4.78 is 14.7. The Kier molecular flexibility index (Phi) is 4.86. The van der Waals surface area contributed by atoms with Crippen LogP contribution in [-0.2, 0) is 0 Å². The second-order valence-electron chi connectivity index (χ2n) is 5.23. The molecule has 0 bridgehead atoms. The number of likely N-dealkylation sites (N-methyl/N-ethyl adjacent to an activating group) is 1. The first-order valence-electron chi connectivity index (χ1n) is 6.75. The Morgan fingerprint density at radius 3 is 2.86 bits per heavy atom. The summed E-state index contributed by atoms with van der Waals surface area (Å²) in [6.07, 6.45) is 0.973. The van der Waals surface area contributed by atoms with Crippen LogP contribution in [0.4, 0.5) is 4.39 Å². The smallest absolute Gasteiger partial charge is 0.264 e. The van der Waals surface area contributed by atoms with Crippen molar-refractivity contribution in [3.8, 4) is 0 Å². The average molecular weight is 329 g/mol. The summed E-state index contributed by atoms with van der Waals surface area (Å²) in [4.78, 5) is 15.1. The van der Waals surface area contributed by atoms with Crippen LogP contribution in [0.1, 0.15) is 21.7 Å². The van der Waals surface area contributed by atoms with Crippen LogP contribution in [0, 0.1) is 12.7 Å². The third-order valence-electron chi connectivity index (χ3n) is 4.00. The van der Waals surface area contributed by atoms with Crippen LogP contribution in [-0.4, -0.2) is 37.0 Å². The number of nitrogens with zero attached hydrogens (tertiary/aromatic N) is 1. The molecule has 0 spiro atoms. The van der Waals surface area contributed by atoms with Gasteiger partial charge >= 0.3 is 0 Å². The number of amides is 1. The van der Waals surface area contributed by atoms with Gasteiger partial charge in [-0.1, -0.05) is 6.07 Å². The van der Waals surface area contributed by atoms with E-state index in [1.54, 1.807) is 11.0 Å². The van der Waals surface area contributed by atoms with E-state index >= 15 is 0 Å². The predicted molar refractivity (Wildman–Crippen MR) is 87.1 cm³/mol. The lowest BCUT2D eigenvalue weighted by Crippen LogP contribution is -2.38. The van der Waals surface area contributed by atoms with Gasteiger partial charge in [0, 0.05) is 29.7 Å². The van der Waals surface area contributed by atoms with Gasteiger partial charge in [0.25, 0.3) is 5.91 Å². The molecule has 114 valence electrons. The number of aryl methyl sites for hydroxylation is 1. The van der Waals surface area contributed by atoms with Crippen molar-refractivity contribution in [3.63, 3.8) is 0 Å². The highest BCUT2D eigenvalue weighted by molar-refractivity contribution is 7.21. The molecule has 0 saturated carbocycles. The molecule has 1 fully saturated rings. The van der Waals surface area contributed by atoms with E-state index < -0.39 is 0 Å². The Bertz CT molecular complexity index is 667. The number of benzene rings is 1. The monoisotopic (exact) mass is 328 g/mol. The summed E-state index contributed by atoms with van der Waals surface area (Å²) in [5.41, 5.74) is 0.755. The fourth-order valence-corrected chi connectivity index (χ4v) is 3.96. The van der Waals surface area contributed by atoms with Crippen LogP contribution in [0.15, 0.2) is 18.2 Å². The van der Waals surface area contributed by atoms with Crippen LogP contribution in [0.5, 0.6) is 0 Å². The van der Waals surface area contributed by atoms with Crippen LogP contribution in [0.3, 0.4) is 0 Å². The highest BCUT2D eigenvalue weighted by Gasteiger charge is 2.27. The largest absolute Gasteiger partial charge is 0.337 e. The zero-order valence-electron chi connectivity index (χ0n) is 12.0. The summed E-state index contributed by atoms with van der Waals surface area (Å²) in [6, 6.07) is 5.23. The number of rotatable bonds is 2. The molecule has 1 unspecified atom stereocenters. The van der Waals surface area contributed by atoms with Crippen LogP contribution >= 0.6 is 23.7 Å². The van der Waals surface area contributed by atoms with Gasteiger partial charge in [0.2, 0.25) is 0 Å². The maximum Gasteiger partial charge on any atom is 0.264 e. The third kappa shape index (κ3) is 2.78. The molecule has 1 aromatic heterocycles. The fraction of sp³-hybridized carbons (Fsp3) is 0.400. The number of nitrogens with one attached hydrogen (secondary N) is 1. The van der Waals surface area contributed by atoms with Gasteiger partial charge in [-0.15, -0.1) is 23.7 Å². The van der Waals surface area contributed by atoms with Crippen molar-refractivity contribution in [2.75, 3.05) is 20.1 Å². The van der Waals surface area contributed by atoms with Gasteiger partial charge < -0.3 is 10.2 Å². The molecule has 3 nitrogen and oxygen atoms in total. The third-order valence-corrected chi connectivity index (χ3v) is 5.24. The minimum absolute atomic E-state index is 0. The molecule has 21 heavy (non-hydrogen) atoms. The number of carbonyl (C=O) groups is 1. The number of hydrogen-bond acceptors (Lipinski definition) is 3. The summed E-state index contributed by atoms with van der Waals surface area (Å²) >= 11 is 1.38. The van der Waals surface area contributed by atoms with Crippen molar-refractivity contribution in [2.24, 2.45) is 0 Å². The predicted octanol–water partition coefficient (Wildman–Crippen LogP) is 3.20. The van der Waals surface area contributed by atoms with Crippen molar-refractivity contribution >= 4 is 39.7 Å². The van der Waals surface area contributed by atoms with E-state index in [0.29, 0.717) is 10.3 Å². The number of halogens is 2. The van der Waals surface area contributed by atoms with Crippen molar-refractivity contribution in [1.82, 2.24) is 10.2 Å². The molecule has 1 aliphatic heterocycles. The van der Waals surface area contributed by atoms with Gasteiger partial charge in [0.15, 0.2) is 0 Å². The molecule has 3 rings (SSSR count). The van der Waals surface area contributed by atoms with E-state index in [1.165, 1.54) is 17.4 Å². The van der Waals surface area contributed by atoms with E-state index in [0.717, 1.165) is 29.8 Å². The lowest BCUT2D eigenvalue weighted by molar-refractivity contribution is 0.0748. The Balaban J connectivity index is 0.00000161. The fourth-order valence-electron chi connectivity index (χ4n) is 2.75. The van der Waals surface area contributed by atoms with Crippen molar-refractivity contribution in [2.45, 2.75) is 19.4 Å². The Morgan fingerprint density at radius 1 is 1.48 bits per heavy atom. The molecule has 1 aromatic carbocycles. The summed E-state index contributed by atoms with van der Waals surface area (Å²) in [5.74, 6) is -0.253. The number of carbonyl (C=O) groups excluding carboxylic acids is 1. The van der Waals surface area contributed by atoms with E-state index in [1.807, 2.05) is 20.0 Å². The molecule has 1 amide bonds. The normalized spacial score (nSPS) is 17.8. The van der Waals surface area contributed by atoms with E-state index in [-0.39, 0.29) is 30.2 Å². The molecule has 1 saturated heterocycles. The zero-order chi connectivity index (χ0) is 14.3. The van der Waals surface area contributed by atoms with Crippen molar-refractivity contribution < 1.29 is 9.18 Å². The highest BCUT2D eigenvalue weighted by atomic mass is 35.5. The summed E-state index contributed by atoms with van der Waals surface area (Å²) in [7, 11) is 1.83. The topological polar surface area (TPSA) is 32.3 Å². The molecular formula is C15H18ClFN2OS. The number of hydrogen-bond donors (Lipinski definition) is 1. The standard InChI is InChI=1S/C15H17FN2OS.ClH/c1-9-13-11(16)4-3-5-12(13)20-14(9)15(19)18(2)10-6-7-17-8-10;/h3-5,10,17H,6-8H2,1-2H3;1H. The molecular weight excluding hydrogens is 311 g/mol. The minimum atomic E-state index is -0.250.